The van der Waals surface area contributed by atoms with Gasteiger partial charge in [0.05, 0.1) is 0 Å². The summed E-state index contributed by atoms with van der Waals surface area (Å²) in [6.45, 7) is 3.09. The number of rotatable bonds is 3. The molecular formula is C19H22ClN3S. The van der Waals surface area contributed by atoms with E-state index in [2.05, 4.69) is 58.7 Å². The number of anilines is 2. The molecule has 0 atom stereocenters. The first kappa shape index (κ1) is 17.2. The fraction of sp³-hybridized carbons (Fsp3) is 0.316. The Hall–Kier alpha value is -1.65. The summed E-state index contributed by atoms with van der Waals surface area (Å²) in [7, 11) is 0. The second kappa shape index (κ2) is 7.95. The van der Waals surface area contributed by atoms with Crippen molar-refractivity contribution in [2.75, 3.05) is 35.6 Å². The Balaban J connectivity index is 0.00000169. The topological polar surface area (TPSA) is 27.6 Å². The molecule has 0 fully saturated rings. The van der Waals surface area contributed by atoms with Gasteiger partial charge in [0.2, 0.25) is 0 Å². The number of amidine groups is 1. The zero-order valence-electron chi connectivity index (χ0n) is 13.6. The van der Waals surface area contributed by atoms with Crippen LogP contribution in [0.15, 0.2) is 53.5 Å². The van der Waals surface area contributed by atoms with Gasteiger partial charge < -0.3 is 10.2 Å². The molecule has 3 nitrogen and oxygen atoms in total. The molecule has 4 rings (SSSR count). The molecule has 0 radical (unpaired) electrons. The van der Waals surface area contributed by atoms with Crippen LogP contribution < -0.4 is 10.2 Å². The number of benzene rings is 2. The van der Waals surface area contributed by atoms with Gasteiger partial charge in [-0.05, 0) is 36.1 Å². The normalized spacial score (nSPS) is 15.5. The molecule has 2 aliphatic heterocycles. The third-order valence-electron chi connectivity index (χ3n) is 4.48. The number of hydrogen-bond acceptors (Lipinski definition) is 4. The van der Waals surface area contributed by atoms with E-state index in [0.29, 0.717) is 0 Å². The molecule has 0 saturated carbocycles. The van der Waals surface area contributed by atoms with Gasteiger partial charge in [0.25, 0.3) is 0 Å². The van der Waals surface area contributed by atoms with E-state index in [9.17, 15) is 0 Å². The standard InChI is InChI=1S/C19H21N3S.ClH/c1-3-7-17-15(5-1)9-11-20-19(21-17)23-14-13-22-12-10-16-6-2-4-8-18(16)22;/h1-8H,9-14H2,(H,20,21);1H. The van der Waals surface area contributed by atoms with Crippen LogP contribution in [0.25, 0.3) is 0 Å². The molecule has 0 unspecified atom stereocenters. The van der Waals surface area contributed by atoms with Crippen molar-refractivity contribution in [2.45, 2.75) is 12.8 Å². The molecule has 2 aliphatic rings. The third-order valence-corrected chi connectivity index (χ3v) is 5.37. The summed E-state index contributed by atoms with van der Waals surface area (Å²) in [4.78, 5) is 7.19. The number of nitrogens with zero attached hydrogens (tertiary/aromatic N) is 2. The Morgan fingerprint density at radius 2 is 1.79 bits per heavy atom. The van der Waals surface area contributed by atoms with Crippen molar-refractivity contribution in [1.82, 2.24) is 0 Å². The van der Waals surface area contributed by atoms with Crippen LogP contribution in [-0.2, 0) is 12.8 Å². The first-order chi connectivity index (χ1) is 11.4. The number of fused-ring (bicyclic) bond motifs is 2. The third kappa shape index (κ3) is 3.70. The highest BCUT2D eigenvalue weighted by atomic mass is 35.5. The Bertz CT molecular complexity index is 732. The molecule has 126 valence electrons. The average Bonchev–Trinajstić information content (AvgIpc) is 2.87. The smallest absolute Gasteiger partial charge is 0.161 e. The molecule has 0 bridgehead atoms. The monoisotopic (exact) mass is 359 g/mol. The SMILES string of the molecule is Cl.c1ccc2c(c1)CCN=C(SCCN1CCc3ccccc31)N2. The fourth-order valence-electron chi connectivity index (χ4n) is 3.27. The molecule has 2 aromatic rings. The van der Waals surface area contributed by atoms with Crippen molar-refractivity contribution in [2.24, 2.45) is 4.99 Å². The lowest BCUT2D eigenvalue weighted by molar-refractivity contribution is 0.874. The summed E-state index contributed by atoms with van der Waals surface area (Å²) >= 11 is 1.83. The molecular weight excluding hydrogens is 338 g/mol. The molecule has 0 spiro atoms. The van der Waals surface area contributed by atoms with Crippen molar-refractivity contribution in [3.63, 3.8) is 0 Å². The Labute approximate surface area is 154 Å². The Morgan fingerprint density at radius 1 is 1.00 bits per heavy atom. The molecule has 2 aromatic carbocycles. The Kier molecular flexibility index (Phi) is 5.69. The molecule has 1 N–H and O–H groups in total. The second-order valence-electron chi connectivity index (χ2n) is 5.93. The maximum Gasteiger partial charge on any atom is 0.161 e. The number of thioether (sulfide) groups is 1. The summed E-state index contributed by atoms with van der Waals surface area (Å²) in [6, 6.07) is 17.3. The molecule has 0 amide bonds. The predicted octanol–water partition coefficient (Wildman–Crippen LogP) is 4.23. The lowest BCUT2D eigenvalue weighted by atomic mass is 10.1. The Morgan fingerprint density at radius 3 is 2.71 bits per heavy atom. The van der Waals surface area contributed by atoms with E-state index in [1.807, 2.05) is 11.8 Å². The minimum atomic E-state index is 0. The van der Waals surface area contributed by atoms with Gasteiger partial charge >= 0.3 is 0 Å². The fourth-order valence-corrected chi connectivity index (χ4v) is 4.14. The number of halogens is 1. The number of para-hydroxylation sites is 2. The number of hydrogen-bond donors (Lipinski definition) is 1. The molecule has 2 heterocycles. The van der Waals surface area contributed by atoms with Crippen molar-refractivity contribution in [3.05, 3.63) is 59.7 Å². The van der Waals surface area contributed by atoms with Gasteiger partial charge in [0.15, 0.2) is 5.17 Å². The van der Waals surface area contributed by atoms with Crippen LogP contribution >= 0.6 is 24.2 Å². The highest BCUT2D eigenvalue weighted by molar-refractivity contribution is 8.14. The quantitative estimate of drug-likeness (QED) is 0.888. The summed E-state index contributed by atoms with van der Waals surface area (Å²) in [5.74, 6) is 1.06. The van der Waals surface area contributed by atoms with E-state index < -0.39 is 0 Å². The maximum absolute atomic E-state index is 4.70. The minimum Gasteiger partial charge on any atom is -0.370 e. The van der Waals surface area contributed by atoms with E-state index in [4.69, 9.17) is 4.99 Å². The van der Waals surface area contributed by atoms with Crippen LogP contribution in [0.1, 0.15) is 11.1 Å². The van der Waals surface area contributed by atoms with Crippen molar-refractivity contribution in [1.29, 1.82) is 0 Å². The molecule has 0 saturated heterocycles. The van der Waals surface area contributed by atoms with Gasteiger partial charge in [0.1, 0.15) is 0 Å². The van der Waals surface area contributed by atoms with E-state index in [0.717, 1.165) is 37.0 Å². The van der Waals surface area contributed by atoms with Crippen LogP contribution in [0.2, 0.25) is 0 Å². The average molecular weight is 360 g/mol. The molecule has 5 heteroatoms. The largest absolute Gasteiger partial charge is 0.370 e. The van der Waals surface area contributed by atoms with Gasteiger partial charge in [-0.15, -0.1) is 12.4 Å². The van der Waals surface area contributed by atoms with E-state index in [-0.39, 0.29) is 12.4 Å². The number of nitrogens with one attached hydrogen (secondary N) is 1. The molecule has 24 heavy (non-hydrogen) atoms. The van der Waals surface area contributed by atoms with E-state index in [1.165, 1.54) is 28.9 Å². The zero-order chi connectivity index (χ0) is 15.5. The first-order valence-electron chi connectivity index (χ1n) is 8.25. The van der Waals surface area contributed by atoms with Crippen LogP contribution in [-0.4, -0.2) is 30.6 Å². The summed E-state index contributed by atoms with van der Waals surface area (Å²) in [6.07, 6.45) is 2.19. The molecule has 0 aliphatic carbocycles. The second-order valence-corrected chi connectivity index (χ2v) is 7.02. The lowest BCUT2D eigenvalue weighted by Gasteiger charge is -2.19. The summed E-state index contributed by atoms with van der Waals surface area (Å²) in [5, 5.41) is 4.56. The van der Waals surface area contributed by atoms with Crippen molar-refractivity contribution < 1.29 is 0 Å². The van der Waals surface area contributed by atoms with Crippen LogP contribution in [0.4, 0.5) is 11.4 Å². The first-order valence-corrected chi connectivity index (χ1v) is 9.24. The van der Waals surface area contributed by atoms with Gasteiger partial charge in [0, 0.05) is 36.8 Å². The minimum absolute atomic E-state index is 0. The van der Waals surface area contributed by atoms with Gasteiger partial charge in [-0.2, -0.15) is 0 Å². The zero-order valence-corrected chi connectivity index (χ0v) is 15.2. The van der Waals surface area contributed by atoms with E-state index >= 15 is 0 Å². The highest BCUT2D eigenvalue weighted by Crippen LogP contribution is 2.28. The van der Waals surface area contributed by atoms with Gasteiger partial charge in [-0.25, -0.2) is 0 Å². The van der Waals surface area contributed by atoms with Gasteiger partial charge in [-0.3, -0.25) is 4.99 Å². The van der Waals surface area contributed by atoms with Crippen molar-refractivity contribution >= 4 is 40.7 Å². The summed E-state index contributed by atoms with van der Waals surface area (Å²) in [5.41, 5.74) is 5.47. The van der Waals surface area contributed by atoms with Crippen molar-refractivity contribution in [3.8, 4) is 0 Å². The maximum atomic E-state index is 4.70. The van der Waals surface area contributed by atoms with E-state index in [1.54, 1.807) is 0 Å². The van der Waals surface area contributed by atoms with Crippen LogP contribution in [0.3, 0.4) is 0 Å². The highest BCUT2D eigenvalue weighted by Gasteiger charge is 2.18. The molecule has 0 aromatic heterocycles. The van der Waals surface area contributed by atoms with Crippen LogP contribution in [0.5, 0.6) is 0 Å². The van der Waals surface area contributed by atoms with Crippen LogP contribution in [0, 0.1) is 0 Å². The summed E-state index contributed by atoms with van der Waals surface area (Å²) < 4.78 is 0. The number of aliphatic imine (C=N–C) groups is 1. The van der Waals surface area contributed by atoms with Gasteiger partial charge in [-0.1, -0.05) is 48.2 Å². The predicted molar refractivity (Wildman–Crippen MR) is 108 cm³/mol. The lowest BCUT2D eigenvalue weighted by Crippen LogP contribution is -2.24.